The first kappa shape index (κ1) is 29.6. The van der Waals surface area contributed by atoms with Crippen molar-refractivity contribution in [2.45, 2.75) is 94.9 Å². The quantitative estimate of drug-likeness (QED) is 0.371. The van der Waals surface area contributed by atoms with E-state index in [1.807, 2.05) is 6.21 Å². The molecule has 0 bridgehead atoms. The van der Waals surface area contributed by atoms with E-state index in [1.165, 1.54) is 33.5 Å². The van der Waals surface area contributed by atoms with Gasteiger partial charge in [0.1, 0.15) is 0 Å². The molecule has 0 unspecified atom stereocenters. The maximum atomic E-state index is 4.24. The Morgan fingerprint density at radius 3 is 1.71 bits per heavy atom. The molecule has 0 spiro atoms. The third-order valence-corrected chi connectivity index (χ3v) is 5.97. The van der Waals surface area contributed by atoms with Gasteiger partial charge in [-0.1, -0.05) is 136 Å². The van der Waals surface area contributed by atoms with Crippen LogP contribution in [0.15, 0.2) is 71.4 Å². The molecule has 0 saturated heterocycles. The highest BCUT2D eigenvalue weighted by atomic mass is 14.8. The highest BCUT2D eigenvalue weighted by Crippen LogP contribution is 2.39. The van der Waals surface area contributed by atoms with Gasteiger partial charge in [0.05, 0.1) is 0 Å². The number of fused-ring (bicyclic) bond motifs is 1. The van der Waals surface area contributed by atoms with Crippen molar-refractivity contribution >= 4 is 11.8 Å². The number of hydrogen-bond donors (Lipinski definition) is 0. The zero-order valence-corrected chi connectivity index (χ0v) is 22.7. The Hall–Kier alpha value is -2.41. The molecule has 34 heavy (non-hydrogen) atoms. The molecule has 1 heteroatoms. The Labute approximate surface area is 211 Å². The smallest absolute Gasteiger partial charge is 0.0417 e. The first-order valence-corrected chi connectivity index (χ1v) is 12.3. The normalized spacial score (nSPS) is 14.5. The molecule has 1 nitrogen and oxygen atoms in total. The van der Waals surface area contributed by atoms with Crippen LogP contribution in [0.25, 0.3) is 5.57 Å². The Kier molecular flexibility index (Phi) is 10.3. The topological polar surface area (TPSA) is 12.4 Å². The van der Waals surface area contributed by atoms with Gasteiger partial charge in [-0.25, -0.2) is 0 Å². The van der Waals surface area contributed by atoms with E-state index in [9.17, 15) is 0 Å². The summed E-state index contributed by atoms with van der Waals surface area (Å²) in [6.07, 6.45) is 8.64. The second-order valence-corrected chi connectivity index (χ2v) is 12.2. The summed E-state index contributed by atoms with van der Waals surface area (Å²) in [5.41, 5.74) is 9.21. The van der Waals surface area contributed by atoms with Crippen LogP contribution in [-0.2, 0) is 11.8 Å². The lowest BCUT2D eigenvalue weighted by Gasteiger charge is -2.21. The van der Waals surface area contributed by atoms with Crippen LogP contribution < -0.4 is 0 Å². The average molecular weight is 460 g/mol. The van der Waals surface area contributed by atoms with E-state index in [2.05, 4.69) is 135 Å². The minimum absolute atomic E-state index is 0. The van der Waals surface area contributed by atoms with Crippen LogP contribution in [0.5, 0.6) is 0 Å². The SMILES string of the molecule is C.CC(C)(C)C1=CCC=N1.CC(C)(C)C1=CCc2ccccc21.Cc1ccc(C(C)(C)C)cc1. The standard InChI is InChI=1S/C13H16.C11H16.C8H13N.CH4/c1-13(2,3)12-9-8-10-6-4-5-7-11(10)12;1-9-5-7-10(8-6-9)11(2,3)4;1-8(2,3)7-5-4-6-9-7;/h4-7,9H,8H2,1-3H3;5-8H,1-4H3;5-6H,4H2,1-3H3;1H4. The van der Waals surface area contributed by atoms with Gasteiger partial charge in [0, 0.05) is 23.7 Å². The Morgan fingerprint density at radius 1 is 0.676 bits per heavy atom. The van der Waals surface area contributed by atoms with Gasteiger partial charge in [-0.05, 0) is 46.4 Å². The Morgan fingerprint density at radius 2 is 1.26 bits per heavy atom. The second-order valence-electron chi connectivity index (χ2n) is 12.2. The van der Waals surface area contributed by atoms with Crippen LogP contribution in [0.2, 0.25) is 0 Å². The number of aryl methyl sites for hydroxylation is 1. The Bertz CT molecular complexity index is 994. The number of benzene rings is 2. The third-order valence-electron chi connectivity index (χ3n) is 5.97. The molecule has 0 radical (unpaired) electrons. The van der Waals surface area contributed by atoms with Gasteiger partial charge in [0.2, 0.25) is 0 Å². The van der Waals surface area contributed by atoms with Crippen molar-refractivity contribution in [1.29, 1.82) is 0 Å². The summed E-state index contributed by atoms with van der Waals surface area (Å²) in [4.78, 5) is 4.24. The van der Waals surface area contributed by atoms with Crippen molar-refractivity contribution in [3.05, 3.63) is 88.6 Å². The minimum atomic E-state index is 0. The number of hydrogen-bond acceptors (Lipinski definition) is 1. The van der Waals surface area contributed by atoms with Crippen LogP contribution in [0.3, 0.4) is 0 Å². The first-order valence-electron chi connectivity index (χ1n) is 12.3. The van der Waals surface area contributed by atoms with Crippen LogP contribution in [-0.4, -0.2) is 6.21 Å². The van der Waals surface area contributed by atoms with Crippen LogP contribution >= 0.6 is 0 Å². The molecule has 1 heterocycles. The molecule has 1 aliphatic carbocycles. The maximum absolute atomic E-state index is 4.24. The largest absolute Gasteiger partial charge is 0.265 e. The lowest BCUT2D eigenvalue weighted by molar-refractivity contribution is 0.500. The molecule has 0 saturated carbocycles. The molecule has 0 atom stereocenters. The molecule has 4 rings (SSSR count). The maximum Gasteiger partial charge on any atom is 0.0417 e. The fourth-order valence-electron chi connectivity index (χ4n) is 3.91. The van der Waals surface area contributed by atoms with Crippen LogP contribution in [0.4, 0.5) is 0 Å². The van der Waals surface area contributed by atoms with E-state index in [0.717, 1.165) is 12.8 Å². The number of allylic oxidation sites excluding steroid dienone is 4. The monoisotopic (exact) mass is 459 g/mol. The lowest BCUT2D eigenvalue weighted by Crippen LogP contribution is -2.10. The summed E-state index contributed by atoms with van der Waals surface area (Å²) in [6.45, 7) is 22.2. The summed E-state index contributed by atoms with van der Waals surface area (Å²) in [5, 5.41) is 0. The van der Waals surface area contributed by atoms with Crippen molar-refractivity contribution in [2.24, 2.45) is 15.8 Å². The average Bonchev–Trinajstić information content (AvgIpc) is 3.38. The molecular weight excluding hydrogens is 410 g/mol. The van der Waals surface area contributed by atoms with Crippen molar-refractivity contribution in [3.8, 4) is 0 Å². The summed E-state index contributed by atoms with van der Waals surface area (Å²) in [5.74, 6) is 0. The predicted octanol–water partition coefficient (Wildman–Crippen LogP) is 9.99. The molecule has 0 fully saturated rings. The van der Waals surface area contributed by atoms with Gasteiger partial charge >= 0.3 is 0 Å². The zero-order valence-electron chi connectivity index (χ0n) is 22.7. The molecular formula is C33H49N. The summed E-state index contributed by atoms with van der Waals surface area (Å²) < 4.78 is 0. The molecule has 0 amide bonds. The highest BCUT2D eigenvalue weighted by Gasteiger charge is 2.23. The molecule has 186 valence electrons. The van der Waals surface area contributed by atoms with Gasteiger partial charge in [0.15, 0.2) is 0 Å². The van der Waals surface area contributed by atoms with E-state index in [-0.39, 0.29) is 23.7 Å². The number of nitrogens with zero attached hydrogens (tertiary/aromatic N) is 1. The molecule has 2 aliphatic rings. The third kappa shape index (κ3) is 8.75. The van der Waals surface area contributed by atoms with Crippen LogP contribution in [0, 0.1) is 17.8 Å². The van der Waals surface area contributed by atoms with Gasteiger partial charge in [0.25, 0.3) is 0 Å². The minimum Gasteiger partial charge on any atom is -0.265 e. The van der Waals surface area contributed by atoms with Crippen molar-refractivity contribution in [2.75, 3.05) is 0 Å². The van der Waals surface area contributed by atoms with Crippen molar-refractivity contribution in [3.63, 3.8) is 0 Å². The summed E-state index contributed by atoms with van der Waals surface area (Å²) >= 11 is 0. The molecule has 2 aromatic carbocycles. The molecule has 2 aromatic rings. The zero-order chi connectivity index (χ0) is 24.9. The van der Waals surface area contributed by atoms with Gasteiger partial charge in [-0.2, -0.15) is 0 Å². The summed E-state index contributed by atoms with van der Waals surface area (Å²) in [6, 6.07) is 17.5. The van der Waals surface area contributed by atoms with Crippen LogP contribution in [0.1, 0.15) is 98.4 Å². The van der Waals surface area contributed by atoms with Gasteiger partial charge < -0.3 is 0 Å². The summed E-state index contributed by atoms with van der Waals surface area (Å²) in [7, 11) is 0. The fraction of sp³-hybridized carbons (Fsp3) is 0.485. The van der Waals surface area contributed by atoms with E-state index >= 15 is 0 Å². The fourth-order valence-corrected chi connectivity index (χ4v) is 3.91. The molecule has 1 aliphatic heterocycles. The predicted molar refractivity (Wildman–Crippen MR) is 155 cm³/mol. The van der Waals surface area contributed by atoms with Gasteiger partial charge in [-0.3, -0.25) is 4.99 Å². The lowest BCUT2D eigenvalue weighted by atomic mass is 9.83. The van der Waals surface area contributed by atoms with E-state index in [1.54, 1.807) is 0 Å². The number of aliphatic imine (C=N–C) groups is 1. The number of rotatable bonds is 0. The second kappa shape index (κ2) is 11.8. The molecule has 0 aromatic heterocycles. The first-order chi connectivity index (χ1) is 15.2. The molecule has 0 N–H and O–H groups in total. The Balaban J connectivity index is 0.000000256. The van der Waals surface area contributed by atoms with Gasteiger partial charge in [-0.15, -0.1) is 0 Å². The highest BCUT2D eigenvalue weighted by molar-refractivity contribution is 5.76. The van der Waals surface area contributed by atoms with E-state index < -0.39 is 0 Å². The van der Waals surface area contributed by atoms with E-state index in [0.29, 0.717) is 0 Å². The van der Waals surface area contributed by atoms with Crippen molar-refractivity contribution < 1.29 is 0 Å². The van der Waals surface area contributed by atoms with E-state index in [4.69, 9.17) is 0 Å². The van der Waals surface area contributed by atoms with Crippen molar-refractivity contribution in [1.82, 2.24) is 0 Å².